The minimum absolute atomic E-state index is 0.385. The Labute approximate surface area is 138 Å². The van der Waals surface area contributed by atoms with E-state index in [1.165, 1.54) is 6.07 Å². The monoisotopic (exact) mass is 350 g/mol. The molecule has 8 heteroatoms. The molecule has 3 rings (SSSR count). The van der Waals surface area contributed by atoms with Crippen molar-refractivity contribution in [1.82, 2.24) is 4.72 Å². The normalized spacial score (nSPS) is 16.2. The molecule has 0 bridgehead atoms. The molecule has 0 spiro atoms. The number of amides is 1. The lowest BCUT2D eigenvalue weighted by atomic mass is 10.0. The summed E-state index contributed by atoms with van der Waals surface area (Å²) in [5.74, 6) is -2.21. The van der Waals surface area contributed by atoms with E-state index in [1.54, 1.807) is 4.72 Å². The van der Waals surface area contributed by atoms with Crippen molar-refractivity contribution < 1.29 is 22.7 Å². The summed E-state index contributed by atoms with van der Waals surface area (Å²) in [6.45, 7) is 1.37. The zero-order chi connectivity index (χ0) is 17.5. The van der Waals surface area contributed by atoms with Crippen LogP contribution in [0.5, 0.6) is 5.75 Å². The molecule has 0 atom stereocenters. The maximum Gasteiger partial charge on any atom is 0.326 e. The van der Waals surface area contributed by atoms with E-state index >= 15 is 0 Å². The lowest BCUT2D eigenvalue weighted by molar-refractivity contribution is -0.117. The van der Waals surface area contributed by atoms with Gasteiger partial charge in [0.05, 0.1) is 0 Å². The van der Waals surface area contributed by atoms with Gasteiger partial charge in [-0.15, -0.1) is 0 Å². The minimum atomic E-state index is -4.18. The summed E-state index contributed by atoms with van der Waals surface area (Å²) in [5.41, 5.74) is 1.96. The second kappa shape index (κ2) is 5.79. The Morgan fingerprint density at radius 3 is 2.58 bits per heavy atom. The summed E-state index contributed by atoms with van der Waals surface area (Å²) in [5, 5.41) is 10.1. The maximum atomic E-state index is 14.4. The molecule has 0 aliphatic carbocycles. The highest BCUT2D eigenvalue weighted by Gasteiger charge is 2.37. The molecule has 1 fully saturated rings. The molecule has 126 valence electrons. The number of phenolic OH excluding ortho intramolecular Hbond substituents is 1. The van der Waals surface area contributed by atoms with Crippen LogP contribution in [0.1, 0.15) is 16.7 Å². The summed E-state index contributed by atoms with van der Waals surface area (Å²) in [4.78, 5) is 11.3. The molecule has 1 aliphatic heterocycles. The molecule has 2 aromatic rings. The van der Waals surface area contributed by atoms with E-state index in [2.05, 4.69) is 0 Å². The maximum absolute atomic E-state index is 14.4. The van der Waals surface area contributed by atoms with Crippen molar-refractivity contribution in [3.63, 3.8) is 0 Å². The van der Waals surface area contributed by atoms with E-state index in [-0.39, 0.29) is 0 Å². The Morgan fingerprint density at radius 1 is 1.25 bits per heavy atom. The molecular weight excluding hydrogens is 335 g/mol. The third kappa shape index (κ3) is 3.05. The molecular formula is C16H15FN2O4S. The van der Waals surface area contributed by atoms with Gasteiger partial charge in [-0.2, -0.15) is 8.42 Å². The largest absolute Gasteiger partial charge is 0.506 e. The van der Waals surface area contributed by atoms with E-state index < -0.39 is 39.9 Å². The number of carbonyl (C=O) groups is 1. The molecule has 1 saturated heterocycles. The average molecular weight is 350 g/mol. The molecule has 1 heterocycles. The smallest absolute Gasteiger partial charge is 0.326 e. The first-order valence-electron chi connectivity index (χ1n) is 7.16. The summed E-state index contributed by atoms with van der Waals surface area (Å²) in [6, 6.07) is 10.1. The number of carbonyl (C=O) groups excluding carboxylic acids is 1. The third-order valence-electron chi connectivity index (χ3n) is 3.66. The Bertz CT molecular complexity index is 904. The van der Waals surface area contributed by atoms with Crippen molar-refractivity contribution in [2.75, 3.05) is 10.8 Å². The van der Waals surface area contributed by atoms with E-state index in [0.29, 0.717) is 16.3 Å². The SMILES string of the molecule is Cc1cccc(Cc2cc(O)c(N3CC(=O)NS3(=O)=O)c(F)c2)c1. The number of aryl methyl sites for hydroxylation is 1. The Morgan fingerprint density at radius 2 is 2.00 bits per heavy atom. The molecule has 2 N–H and O–H groups in total. The van der Waals surface area contributed by atoms with Gasteiger partial charge in [-0.3, -0.25) is 4.79 Å². The van der Waals surface area contributed by atoms with Crippen LogP contribution in [0.15, 0.2) is 36.4 Å². The van der Waals surface area contributed by atoms with E-state index in [9.17, 15) is 22.7 Å². The van der Waals surface area contributed by atoms with Gasteiger partial charge in [0.25, 0.3) is 5.91 Å². The number of hydrogen-bond acceptors (Lipinski definition) is 4. The van der Waals surface area contributed by atoms with Crippen molar-refractivity contribution in [3.05, 3.63) is 58.9 Å². The molecule has 6 nitrogen and oxygen atoms in total. The molecule has 0 aromatic heterocycles. The van der Waals surface area contributed by atoms with Crippen molar-refractivity contribution >= 4 is 21.8 Å². The molecule has 24 heavy (non-hydrogen) atoms. The first-order valence-corrected chi connectivity index (χ1v) is 8.60. The average Bonchev–Trinajstić information content (AvgIpc) is 2.71. The number of nitrogens with zero attached hydrogens (tertiary/aromatic N) is 1. The van der Waals surface area contributed by atoms with Crippen LogP contribution in [0.3, 0.4) is 0 Å². The van der Waals surface area contributed by atoms with Crippen LogP contribution < -0.4 is 9.03 Å². The van der Waals surface area contributed by atoms with Crippen molar-refractivity contribution in [1.29, 1.82) is 0 Å². The summed E-state index contributed by atoms with van der Waals surface area (Å²) >= 11 is 0. The first kappa shape index (κ1) is 16.3. The minimum Gasteiger partial charge on any atom is -0.506 e. The number of anilines is 1. The number of halogens is 1. The van der Waals surface area contributed by atoms with Crippen LogP contribution in [0, 0.1) is 12.7 Å². The number of aromatic hydroxyl groups is 1. The van der Waals surface area contributed by atoms with Crippen LogP contribution in [0.25, 0.3) is 0 Å². The van der Waals surface area contributed by atoms with Gasteiger partial charge in [0.2, 0.25) is 0 Å². The number of hydrogen-bond donors (Lipinski definition) is 2. The first-order chi connectivity index (χ1) is 11.3. The van der Waals surface area contributed by atoms with Crippen LogP contribution in [-0.4, -0.2) is 26.0 Å². The van der Waals surface area contributed by atoms with Gasteiger partial charge >= 0.3 is 10.2 Å². The summed E-state index contributed by atoms with van der Waals surface area (Å²) in [7, 11) is -4.18. The topological polar surface area (TPSA) is 86.7 Å². The summed E-state index contributed by atoms with van der Waals surface area (Å²) in [6.07, 6.45) is 0.385. The van der Waals surface area contributed by atoms with E-state index in [4.69, 9.17) is 0 Å². The highest BCUT2D eigenvalue weighted by Crippen LogP contribution is 2.35. The van der Waals surface area contributed by atoms with Crippen LogP contribution in [0.4, 0.5) is 10.1 Å². The molecule has 1 aliphatic rings. The zero-order valence-corrected chi connectivity index (χ0v) is 13.6. The Balaban J connectivity index is 1.96. The standard InChI is InChI=1S/C16H15FN2O4S/c1-10-3-2-4-11(5-10)6-12-7-13(17)16(14(20)8-12)19-9-15(21)18-24(19,22)23/h2-5,7-8,20H,6,9H2,1H3,(H,18,21). The lowest BCUT2D eigenvalue weighted by Gasteiger charge is -2.17. The number of nitrogens with one attached hydrogen (secondary N) is 1. The molecule has 0 saturated carbocycles. The van der Waals surface area contributed by atoms with Gasteiger partial charge in [0.1, 0.15) is 18.0 Å². The van der Waals surface area contributed by atoms with Gasteiger partial charge in [0.15, 0.2) is 5.82 Å². The number of benzene rings is 2. The molecule has 0 radical (unpaired) electrons. The van der Waals surface area contributed by atoms with Crippen LogP contribution in [-0.2, 0) is 21.4 Å². The third-order valence-corrected chi connectivity index (χ3v) is 5.04. The van der Waals surface area contributed by atoms with Gasteiger partial charge in [-0.25, -0.2) is 13.4 Å². The second-order valence-electron chi connectivity index (χ2n) is 5.65. The van der Waals surface area contributed by atoms with Gasteiger partial charge in [-0.1, -0.05) is 29.8 Å². The Hall–Kier alpha value is -2.61. The predicted octanol–water partition coefficient (Wildman–Crippen LogP) is 1.61. The lowest BCUT2D eigenvalue weighted by Crippen LogP contribution is -2.30. The Kier molecular flexibility index (Phi) is 3.92. The van der Waals surface area contributed by atoms with Gasteiger partial charge in [-0.05, 0) is 36.6 Å². The van der Waals surface area contributed by atoms with Crippen LogP contribution in [0.2, 0.25) is 0 Å². The van der Waals surface area contributed by atoms with E-state index in [0.717, 1.165) is 17.2 Å². The van der Waals surface area contributed by atoms with Crippen molar-refractivity contribution in [2.45, 2.75) is 13.3 Å². The zero-order valence-electron chi connectivity index (χ0n) is 12.8. The predicted molar refractivity (Wildman–Crippen MR) is 86.5 cm³/mol. The summed E-state index contributed by atoms with van der Waals surface area (Å²) < 4.78 is 40.3. The molecule has 1 amide bonds. The van der Waals surface area contributed by atoms with Crippen LogP contribution >= 0.6 is 0 Å². The quantitative estimate of drug-likeness (QED) is 0.881. The molecule has 0 unspecified atom stereocenters. The van der Waals surface area contributed by atoms with Gasteiger partial charge < -0.3 is 5.11 Å². The number of phenols is 1. The molecule has 2 aromatic carbocycles. The highest BCUT2D eigenvalue weighted by molar-refractivity contribution is 7.92. The van der Waals surface area contributed by atoms with Crippen molar-refractivity contribution in [2.24, 2.45) is 0 Å². The second-order valence-corrected chi connectivity index (χ2v) is 7.24. The highest BCUT2D eigenvalue weighted by atomic mass is 32.2. The van der Waals surface area contributed by atoms with E-state index in [1.807, 2.05) is 31.2 Å². The fraction of sp³-hybridized carbons (Fsp3) is 0.188. The number of rotatable bonds is 3. The van der Waals surface area contributed by atoms with Crippen molar-refractivity contribution in [3.8, 4) is 5.75 Å². The fourth-order valence-electron chi connectivity index (χ4n) is 2.69. The fourth-order valence-corrected chi connectivity index (χ4v) is 3.86. The van der Waals surface area contributed by atoms with Gasteiger partial charge in [0, 0.05) is 0 Å².